The maximum atomic E-state index is 12.2. The Kier molecular flexibility index (Phi) is 6.18. The van der Waals surface area contributed by atoms with Crippen LogP contribution in [-0.2, 0) is 6.42 Å². The van der Waals surface area contributed by atoms with Crippen molar-refractivity contribution in [3.8, 4) is 0 Å². The highest BCUT2D eigenvalue weighted by Gasteiger charge is 2.24. The molecule has 0 radical (unpaired) electrons. The van der Waals surface area contributed by atoms with Crippen molar-refractivity contribution in [1.82, 2.24) is 20.5 Å². The van der Waals surface area contributed by atoms with Crippen molar-refractivity contribution in [3.63, 3.8) is 0 Å². The molecule has 1 aromatic rings. The van der Waals surface area contributed by atoms with Gasteiger partial charge in [-0.25, -0.2) is 9.78 Å². The summed E-state index contributed by atoms with van der Waals surface area (Å²) in [6.45, 7) is 6.00. The fourth-order valence-electron chi connectivity index (χ4n) is 2.49. The molecule has 0 bridgehead atoms. The Hall–Kier alpha value is -1.63. The molecule has 1 aliphatic heterocycles. The number of amides is 3. The van der Waals surface area contributed by atoms with Crippen LogP contribution in [0.25, 0.3) is 0 Å². The Labute approximate surface area is 135 Å². The molecule has 0 unspecified atom stereocenters. The minimum atomic E-state index is -0.102. The summed E-state index contributed by atoms with van der Waals surface area (Å²) in [4.78, 5) is 30.1. The minimum Gasteiger partial charge on any atom is -0.348 e. The van der Waals surface area contributed by atoms with Crippen molar-refractivity contribution < 1.29 is 9.59 Å². The number of carbonyl (C=O) groups is 2. The number of aryl methyl sites for hydroxylation is 1. The van der Waals surface area contributed by atoms with Crippen molar-refractivity contribution in [2.45, 2.75) is 45.6 Å². The van der Waals surface area contributed by atoms with Crippen molar-refractivity contribution >= 4 is 23.3 Å². The monoisotopic (exact) mass is 324 g/mol. The summed E-state index contributed by atoms with van der Waals surface area (Å²) in [6, 6.07) is 0.102. The lowest BCUT2D eigenvalue weighted by Gasteiger charge is -2.32. The third-order valence-corrected chi connectivity index (χ3v) is 4.60. The first-order valence-electron chi connectivity index (χ1n) is 7.92. The lowest BCUT2D eigenvalue weighted by molar-refractivity contribution is 0.0913. The predicted octanol–water partition coefficient (Wildman–Crippen LogP) is 2.02. The molecule has 3 amide bonds. The summed E-state index contributed by atoms with van der Waals surface area (Å²) in [7, 11) is 0. The molecule has 0 atom stereocenters. The molecule has 0 spiro atoms. The molecule has 1 aliphatic rings. The Morgan fingerprint density at radius 3 is 2.73 bits per heavy atom. The maximum absolute atomic E-state index is 12.2. The van der Waals surface area contributed by atoms with Crippen LogP contribution in [0.1, 0.15) is 48.6 Å². The molecular weight excluding hydrogens is 300 g/mol. The van der Waals surface area contributed by atoms with E-state index in [-0.39, 0.29) is 18.0 Å². The van der Waals surface area contributed by atoms with Crippen LogP contribution >= 0.6 is 11.3 Å². The van der Waals surface area contributed by atoms with Crippen LogP contribution in [0.4, 0.5) is 4.79 Å². The molecule has 1 fully saturated rings. The fourth-order valence-corrected chi connectivity index (χ4v) is 3.37. The van der Waals surface area contributed by atoms with Crippen molar-refractivity contribution in [2.24, 2.45) is 0 Å². The quantitative estimate of drug-likeness (QED) is 0.870. The smallest absolute Gasteiger partial charge is 0.317 e. The Morgan fingerprint density at radius 2 is 2.09 bits per heavy atom. The molecule has 0 saturated carbocycles. The van der Waals surface area contributed by atoms with Gasteiger partial charge in [0.1, 0.15) is 5.69 Å². The zero-order valence-electron chi connectivity index (χ0n) is 13.2. The van der Waals surface area contributed by atoms with Crippen molar-refractivity contribution in [1.29, 1.82) is 0 Å². The van der Waals surface area contributed by atoms with Crippen LogP contribution in [0.3, 0.4) is 0 Å². The molecule has 2 rings (SSSR count). The van der Waals surface area contributed by atoms with Crippen LogP contribution in [0, 0.1) is 0 Å². The second-order valence-electron chi connectivity index (χ2n) is 5.45. The van der Waals surface area contributed by atoms with Gasteiger partial charge in [0, 0.05) is 31.1 Å². The van der Waals surface area contributed by atoms with Crippen LogP contribution in [0.2, 0.25) is 0 Å². The van der Waals surface area contributed by atoms with E-state index in [1.54, 1.807) is 16.2 Å². The Balaban J connectivity index is 1.79. The van der Waals surface area contributed by atoms with E-state index in [4.69, 9.17) is 0 Å². The molecule has 6 nitrogen and oxygen atoms in total. The van der Waals surface area contributed by atoms with Gasteiger partial charge in [-0.3, -0.25) is 4.79 Å². The number of carbonyl (C=O) groups excluding carboxylic acids is 2. The van der Waals surface area contributed by atoms with Gasteiger partial charge in [-0.15, -0.1) is 11.3 Å². The second kappa shape index (κ2) is 8.12. The SMILES string of the molecule is CCCc1nc(C(=O)NC2CCN(C(=O)NCC)CC2)cs1. The Morgan fingerprint density at radius 1 is 1.36 bits per heavy atom. The fraction of sp³-hybridized carbons (Fsp3) is 0.667. The van der Waals surface area contributed by atoms with E-state index in [2.05, 4.69) is 22.5 Å². The predicted molar refractivity (Wildman–Crippen MR) is 87.2 cm³/mol. The lowest BCUT2D eigenvalue weighted by atomic mass is 10.1. The molecule has 2 N–H and O–H groups in total. The van der Waals surface area contributed by atoms with Gasteiger partial charge in [-0.1, -0.05) is 6.92 Å². The lowest BCUT2D eigenvalue weighted by Crippen LogP contribution is -2.49. The summed E-state index contributed by atoms with van der Waals surface area (Å²) in [5, 5.41) is 8.67. The molecule has 1 saturated heterocycles. The van der Waals surface area contributed by atoms with Crippen LogP contribution in [-0.4, -0.2) is 47.5 Å². The zero-order chi connectivity index (χ0) is 15.9. The molecule has 2 heterocycles. The van der Waals surface area contributed by atoms with Crippen LogP contribution in [0.15, 0.2) is 5.38 Å². The van der Waals surface area contributed by atoms with Crippen molar-refractivity contribution in [3.05, 3.63) is 16.1 Å². The number of hydrogen-bond acceptors (Lipinski definition) is 4. The number of nitrogens with one attached hydrogen (secondary N) is 2. The van der Waals surface area contributed by atoms with E-state index in [0.717, 1.165) is 30.7 Å². The first-order chi connectivity index (χ1) is 10.6. The van der Waals surface area contributed by atoms with E-state index < -0.39 is 0 Å². The number of piperidine rings is 1. The average molecular weight is 324 g/mol. The number of hydrogen-bond donors (Lipinski definition) is 2. The standard InChI is InChI=1S/C15H24N4O2S/c1-3-5-13-18-12(10-22-13)14(20)17-11-6-8-19(9-7-11)15(21)16-4-2/h10-11H,3-9H2,1-2H3,(H,16,21)(H,17,20). The minimum absolute atomic E-state index is 0.0176. The topological polar surface area (TPSA) is 74.3 Å². The van der Waals surface area contributed by atoms with E-state index in [1.165, 1.54) is 0 Å². The summed E-state index contributed by atoms with van der Waals surface area (Å²) < 4.78 is 0. The first-order valence-corrected chi connectivity index (χ1v) is 8.80. The molecule has 122 valence electrons. The number of urea groups is 1. The van der Waals surface area contributed by atoms with Gasteiger partial charge in [0.2, 0.25) is 0 Å². The number of aromatic nitrogens is 1. The van der Waals surface area contributed by atoms with Crippen LogP contribution < -0.4 is 10.6 Å². The van der Waals surface area contributed by atoms with Gasteiger partial charge in [-0.05, 0) is 32.6 Å². The van der Waals surface area contributed by atoms with Crippen molar-refractivity contribution in [2.75, 3.05) is 19.6 Å². The maximum Gasteiger partial charge on any atom is 0.317 e. The largest absolute Gasteiger partial charge is 0.348 e. The molecule has 7 heteroatoms. The molecule has 0 aromatic carbocycles. The molecule has 0 aliphatic carbocycles. The Bertz CT molecular complexity index is 509. The second-order valence-corrected chi connectivity index (χ2v) is 6.39. The normalized spacial score (nSPS) is 15.6. The van der Waals surface area contributed by atoms with Gasteiger partial charge in [0.15, 0.2) is 0 Å². The first kappa shape index (κ1) is 16.7. The van der Waals surface area contributed by atoms with Gasteiger partial charge in [0.05, 0.1) is 5.01 Å². The van der Waals surface area contributed by atoms with Gasteiger partial charge in [-0.2, -0.15) is 0 Å². The zero-order valence-corrected chi connectivity index (χ0v) is 14.0. The average Bonchev–Trinajstić information content (AvgIpc) is 2.97. The van der Waals surface area contributed by atoms with Gasteiger partial charge >= 0.3 is 6.03 Å². The molecule has 22 heavy (non-hydrogen) atoms. The van der Waals surface area contributed by atoms with Crippen LogP contribution in [0.5, 0.6) is 0 Å². The summed E-state index contributed by atoms with van der Waals surface area (Å²) >= 11 is 1.54. The highest BCUT2D eigenvalue weighted by molar-refractivity contribution is 7.09. The third-order valence-electron chi connectivity index (χ3n) is 3.69. The highest BCUT2D eigenvalue weighted by Crippen LogP contribution is 2.14. The van der Waals surface area contributed by atoms with Gasteiger partial charge in [0.25, 0.3) is 5.91 Å². The third kappa shape index (κ3) is 4.43. The summed E-state index contributed by atoms with van der Waals surface area (Å²) in [5.74, 6) is -0.102. The number of likely N-dealkylation sites (tertiary alicyclic amines) is 1. The van der Waals surface area contributed by atoms with E-state index >= 15 is 0 Å². The molecule has 1 aromatic heterocycles. The van der Waals surface area contributed by atoms with Gasteiger partial charge < -0.3 is 15.5 Å². The van der Waals surface area contributed by atoms with E-state index in [0.29, 0.717) is 25.3 Å². The summed E-state index contributed by atoms with van der Waals surface area (Å²) in [5.41, 5.74) is 0.514. The molecular formula is C15H24N4O2S. The highest BCUT2D eigenvalue weighted by atomic mass is 32.1. The van der Waals surface area contributed by atoms with E-state index in [1.807, 2.05) is 12.3 Å². The van der Waals surface area contributed by atoms with E-state index in [9.17, 15) is 9.59 Å². The summed E-state index contributed by atoms with van der Waals surface area (Å²) in [6.07, 6.45) is 3.53. The number of thiazole rings is 1. The number of nitrogens with zero attached hydrogens (tertiary/aromatic N) is 2. The number of rotatable bonds is 5.